The molecule has 1 aromatic rings. The van der Waals surface area contributed by atoms with Crippen LogP contribution >= 0.6 is 0 Å². The van der Waals surface area contributed by atoms with Crippen molar-refractivity contribution in [3.05, 3.63) is 35.4 Å². The molecule has 1 aromatic carbocycles. The average Bonchev–Trinajstić information content (AvgIpc) is 2.50. The van der Waals surface area contributed by atoms with Crippen molar-refractivity contribution in [1.82, 2.24) is 5.01 Å². The van der Waals surface area contributed by atoms with Gasteiger partial charge in [0.25, 0.3) is 0 Å². The van der Waals surface area contributed by atoms with E-state index in [2.05, 4.69) is 6.07 Å². The van der Waals surface area contributed by atoms with Gasteiger partial charge < -0.3 is 4.74 Å². The largest absolute Gasteiger partial charge is 0.439 e. The van der Waals surface area contributed by atoms with Gasteiger partial charge in [-0.05, 0) is 37.8 Å². The molecule has 0 bridgehead atoms. The minimum absolute atomic E-state index is 0.438. The summed E-state index contributed by atoms with van der Waals surface area (Å²) < 4.78 is 5.49. The lowest BCUT2D eigenvalue weighted by molar-refractivity contribution is -0.00976. The lowest BCUT2D eigenvalue weighted by atomic mass is 9.68. The Bertz CT molecular complexity index is 502. The molecule has 4 heteroatoms. The fourth-order valence-electron chi connectivity index (χ4n) is 3.07. The van der Waals surface area contributed by atoms with Crippen molar-refractivity contribution in [2.75, 3.05) is 0 Å². The van der Waals surface area contributed by atoms with Crippen LogP contribution in [0.2, 0.25) is 0 Å². The van der Waals surface area contributed by atoms with E-state index in [1.807, 2.05) is 32.0 Å². The van der Waals surface area contributed by atoms with Crippen molar-refractivity contribution in [3.63, 3.8) is 0 Å². The average molecular weight is 232 g/mol. The first-order chi connectivity index (χ1) is 7.99. The van der Waals surface area contributed by atoms with E-state index in [0.717, 1.165) is 18.4 Å². The fourth-order valence-corrected chi connectivity index (χ4v) is 3.07. The molecule has 17 heavy (non-hydrogen) atoms. The normalized spacial score (nSPS) is 35.2. The zero-order valence-electron chi connectivity index (χ0n) is 10.1. The highest BCUT2D eigenvalue weighted by molar-refractivity contribution is 5.73. The van der Waals surface area contributed by atoms with Gasteiger partial charge in [0.05, 0.1) is 0 Å². The van der Waals surface area contributed by atoms with Crippen LogP contribution in [0, 0.1) is 0 Å². The Morgan fingerprint density at radius 1 is 1.35 bits per heavy atom. The van der Waals surface area contributed by atoms with Gasteiger partial charge in [0, 0.05) is 0 Å². The summed E-state index contributed by atoms with van der Waals surface area (Å²) in [6.07, 6.45) is 1.29. The van der Waals surface area contributed by atoms with E-state index >= 15 is 0 Å². The van der Waals surface area contributed by atoms with E-state index in [1.165, 1.54) is 10.6 Å². The molecule has 1 aliphatic carbocycles. The number of ether oxygens (including phenoxy) is 1. The topological polar surface area (TPSA) is 55.6 Å². The molecule has 1 amide bonds. The molecule has 0 aromatic heterocycles. The molecule has 1 saturated heterocycles. The van der Waals surface area contributed by atoms with Crippen LogP contribution in [0.1, 0.15) is 31.4 Å². The molecule has 1 fully saturated rings. The molecule has 1 heterocycles. The number of hydrogen-bond acceptors (Lipinski definition) is 3. The maximum Gasteiger partial charge on any atom is 0.425 e. The Balaban J connectivity index is 2.25. The number of nitrogens with two attached hydrogens (primary N) is 1. The molecule has 0 unspecified atom stereocenters. The van der Waals surface area contributed by atoms with Crippen LogP contribution in [0.15, 0.2) is 24.3 Å². The standard InChI is InChI=1S/C13H16N2O2/c1-12-8-7-9-5-3-4-6-10(9)13(12,2)15(14)11(16)17-12/h3-6H,7-8,14H2,1-2H3/t12-,13-/m1/s1. The van der Waals surface area contributed by atoms with Gasteiger partial charge in [-0.3, -0.25) is 0 Å². The molecule has 1 aliphatic heterocycles. The first kappa shape index (κ1) is 10.6. The molecular formula is C13H16N2O2. The molecule has 2 N–H and O–H groups in total. The van der Waals surface area contributed by atoms with Gasteiger partial charge in [-0.1, -0.05) is 24.3 Å². The number of aryl methyl sites for hydroxylation is 1. The number of fused-ring (bicyclic) bond motifs is 3. The van der Waals surface area contributed by atoms with Crippen molar-refractivity contribution in [3.8, 4) is 0 Å². The van der Waals surface area contributed by atoms with Gasteiger partial charge >= 0.3 is 6.09 Å². The highest BCUT2D eigenvalue weighted by atomic mass is 16.6. The Labute approximate surface area is 100 Å². The summed E-state index contributed by atoms with van der Waals surface area (Å²) in [5.74, 6) is 5.93. The third-order valence-electron chi connectivity index (χ3n) is 4.43. The zero-order chi connectivity index (χ0) is 12.3. The van der Waals surface area contributed by atoms with Gasteiger partial charge in [-0.2, -0.15) is 0 Å². The van der Waals surface area contributed by atoms with E-state index in [-0.39, 0.29) is 0 Å². The van der Waals surface area contributed by atoms with Gasteiger partial charge in [0.2, 0.25) is 0 Å². The number of nitrogens with zero attached hydrogens (tertiary/aromatic N) is 1. The number of carbonyl (C=O) groups excluding carboxylic acids is 1. The third kappa shape index (κ3) is 1.08. The van der Waals surface area contributed by atoms with Crippen molar-refractivity contribution >= 4 is 6.09 Å². The predicted molar refractivity (Wildman–Crippen MR) is 63.0 cm³/mol. The highest BCUT2D eigenvalue weighted by Crippen LogP contribution is 2.51. The van der Waals surface area contributed by atoms with Crippen molar-refractivity contribution < 1.29 is 9.53 Å². The van der Waals surface area contributed by atoms with E-state index < -0.39 is 17.2 Å². The molecule has 0 spiro atoms. The van der Waals surface area contributed by atoms with Gasteiger partial charge in [0.15, 0.2) is 0 Å². The van der Waals surface area contributed by atoms with Crippen LogP contribution in [0.5, 0.6) is 0 Å². The summed E-state index contributed by atoms with van der Waals surface area (Å²) in [5, 5.41) is 1.24. The Hall–Kier alpha value is -1.55. The number of benzene rings is 1. The quantitative estimate of drug-likeness (QED) is 0.549. The van der Waals surface area contributed by atoms with Crippen molar-refractivity contribution in [1.29, 1.82) is 0 Å². The van der Waals surface area contributed by atoms with Gasteiger partial charge in [-0.25, -0.2) is 15.6 Å². The Morgan fingerprint density at radius 2 is 2.06 bits per heavy atom. The summed E-state index contributed by atoms with van der Waals surface area (Å²) in [7, 11) is 0. The number of carbonyl (C=O) groups is 1. The SMILES string of the molecule is C[C@@]12CCc3ccccc3[C@@]1(C)N(N)C(=O)O2. The highest BCUT2D eigenvalue weighted by Gasteiger charge is 2.62. The summed E-state index contributed by atoms with van der Waals surface area (Å²) in [6.45, 7) is 3.95. The number of rotatable bonds is 0. The third-order valence-corrected chi connectivity index (χ3v) is 4.43. The molecule has 4 nitrogen and oxygen atoms in total. The maximum atomic E-state index is 11.7. The molecule has 2 atom stereocenters. The lowest BCUT2D eigenvalue weighted by Crippen LogP contribution is -2.57. The summed E-state index contributed by atoms with van der Waals surface area (Å²) in [6, 6.07) is 8.13. The molecule has 0 saturated carbocycles. The molecule has 2 aliphatic rings. The second-order valence-corrected chi connectivity index (χ2v) is 5.20. The van der Waals surface area contributed by atoms with Crippen molar-refractivity contribution in [2.45, 2.75) is 37.8 Å². The maximum absolute atomic E-state index is 11.7. The number of hydrogen-bond donors (Lipinski definition) is 1. The summed E-state index contributed by atoms with van der Waals surface area (Å²) in [5.41, 5.74) is 1.25. The zero-order valence-corrected chi connectivity index (χ0v) is 10.1. The monoisotopic (exact) mass is 232 g/mol. The Morgan fingerprint density at radius 3 is 2.82 bits per heavy atom. The number of amides is 1. The van der Waals surface area contributed by atoms with Crippen molar-refractivity contribution in [2.24, 2.45) is 5.84 Å². The Kier molecular flexibility index (Phi) is 1.88. The molecule has 90 valence electrons. The first-order valence-corrected chi connectivity index (χ1v) is 5.85. The molecule has 3 rings (SSSR count). The molecule has 0 radical (unpaired) electrons. The van der Waals surface area contributed by atoms with Crippen LogP contribution in [-0.4, -0.2) is 16.7 Å². The van der Waals surface area contributed by atoms with E-state index in [1.54, 1.807) is 0 Å². The smallest absolute Gasteiger partial charge is 0.425 e. The van der Waals surface area contributed by atoms with Crippen LogP contribution in [0.3, 0.4) is 0 Å². The van der Waals surface area contributed by atoms with Gasteiger partial charge in [-0.15, -0.1) is 0 Å². The minimum atomic E-state index is -0.571. The van der Waals surface area contributed by atoms with Crippen LogP contribution < -0.4 is 5.84 Å². The van der Waals surface area contributed by atoms with E-state index in [9.17, 15) is 4.79 Å². The van der Waals surface area contributed by atoms with Crippen LogP contribution in [0.4, 0.5) is 4.79 Å². The van der Waals surface area contributed by atoms with Crippen LogP contribution in [-0.2, 0) is 16.7 Å². The minimum Gasteiger partial charge on any atom is -0.439 e. The van der Waals surface area contributed by atoms with E-state index in [0.29, 0.717) is 0 Å². The summed E-state index contributed by atoms with van der Waals surface area (Å²) in [4.78, 5) is 11.7. The lowest BCUT2D eigenvalue weighted by Gasteiger charge is -2.45. The second kappa shape index (κ2) is 3.01. The van der Waals surface area contributed by atoms with Crippen LogP contribution in [0.25, 0.3) is 0 Å². The predicted octanol–water partition coefficient (Wildman–Crippen LogP) is 1.93. The number of hydrazine groups is 1. The van der Waals surface area contributed by atoms with Gasteiger partial charge in [0.1, 0.15) is 11.1 Å². The summed E-state index contributed by atoms with van der Waals surface area (Å²) >= 11 is 0. The fraction of sp³-hybridized carbons (Fsp3) is 0.462. The second-order valence-electron chi connectivity index (χ2n) is 5.20. The van der Waals surface area contributed by atoms with E-state index in [4.69, 9.17) is 10.6 Å². The first-order valence-electron chi connectivity index (χ1n) is 5.85. The molecular weight excluding hydrogens is 216 g/mol.